The van der Waals surface area contributed by atoms with E-state index in [2.05, 4.69) is 20.9 Å². The lowest BCUT2D eigenvalue weighted by Gasteiger charge is -2.04. The minimum atomic E-state index is -3.40. The topological polar surface area (TPSA) is 67.0 Å². The van der Waals surface area contributed by atoms with Gasteiger partial charge >= 0.3 is 0 Å². The van der Waals surface area contributed by atoms with Crippen LogP contribution >= 0.6 is 27.3 Å². The van der Waals surface area contributed by atoms with Crippen LogP contribution in [0.25, 0.3) is 10.8 Å². The van der Waals surface area contributed by atoms with Gasteiger partial charge in [0.15, 0.2) is 9.84 Å². The predicted molar refractivity (Wildman–Crippen MR) is 87.5 cm³/mol. The lowest BCUT2D eigenvalue weighted by Crippen LogP contribution is -2.07. The Morgan fingerprint density at radius 3 is 2.67 bits per heavy atom. The number of rotatable bonds is 3. The van der Waals surface area contributed by atoms with Crippen LogP contribution in [0, 0.1) is 0 Å². The fraction of sp³-hybridized carbons (Fsp3) is 0.0714. The number of H-pyrrole nitrogens is 1. The summed E-state index contributed by atoms with van der Waals surface area (Å²) in [5.41, 5.74) is 0.384. The van der Waals surface area contributed by atoms with E-state index in [0.29, 0.717) is 15.2 Å². The second-order valence-corrected chi connectivity index (χ2v) is 9.23. The molecular weight excluding hydrogens is 374 g/mol. The molecule has 2 aromatic heterocycles. The van der Waals surface area contributed by atoms with Crippen LogP contribution in [0.15, 0.2) is 55.4 Å². The van der Waals surface area contributed by atoms with Crippen LogP contribution < -0.4 is 5.56 Å². The first-order valence-corrected chi connectivity index (χ1v) is 9.30. The van der Waals surface area contributed by atoms with Crippen molar-refractivity contribution >= 4 is 47.9 Å². The molecule has 4 nitrogen and oxygen atoms in total. The first-order chi connectivity index (χ1) is 9.95. The van der Waals surface area contributed by atoms with Crippen LogP contribution in [0.4, 0.5) is 0 Å². The van der Waals surface area contributed by atoms with Gasteiger partial charge in [-0.1, -0.05) is 12.1 Å². The summed E-state index contributed by atoms with van der Waals surface area (Å²) in [5.74, 6) is -0.121. The normalized spacial score (nSPS) is 11.9. The fourth-order valence-corrected chi connectivity index (χ4v) is 5.51. The highest BCUT2D eigenvalue weighted by atomic mass is 79.9. The molecule has 0 aliphatic carbocycles. The van der Waals surface area contributed by atoms with E-state index in [1.807, 2.05) is 0 Å². The number of aromatic amines is 1. The van der Waals surface area contributed by atoms with Crippen molar-refractivity contribution in [2.75, 3.05) is 0 Å². The van der Waals surface area contributed by atoms with E-state index in [-0.39, 0.29) is 11.3 Å². The van der Waals surface area contributed by atoms with Crippen molar-refractivity contribution in [3.63, 3.8) is 0 Å². The maximum absolute atomic E-state index is 12.3. The standard InChI is InChI=1S/C14H10BrNO3S2/c15-12-3-4-13(20-12)21(18,19)8-9-1-2-10-5-6-16-14(17)11(10)7-9/h1-7H,8H2,(H,16,17). The van der Waals surface area contributed by atoms with E-state index < -0.39 is 9.84 Å². The van der Waals surface area contributed by atoms with Crippen molar-refractivity contribution in [2.45, 2.75) is 9.96 Å². The van der Waals surface area contributed by atoms with E-state index in [0.717, 1.165) is 9.17 Å². The highest BCUT2D eigenvalue weighted by molar-refractivity contribution is 9.11. The highest BCUT2D eigenvalue weighted by Crippen LogP contribution is 2.28. The van der Waals surface area contributed by atoms with Crippen molar-refractivity contribution in [1.82, 2.24) is 4.98 Å². The molecule has 21 heavy (non-hydrogen) atoms. The summed E-state index contributed by atoms with van der Waals surface area (Å²) in [6.45, 7) is 0. The summed E-state index contributed by atoms with van der Waals surface area (Å²) in [4.78, 5) is 14.4. The fourth-order valence-electron chi connectivity index (χ4n) is 2.08. The Hall–Kier alpha value is -1.44. The minimum Gasteiger partial charge on any atom is -0.329 e. The maximum Gasteiger partial charge on any atom is 0.255 e. The molecule has 0 bridgehead atoms. The van der Waals surface area contributed by atoms with Gasteiger partial charge in [0.25, 0.3) is 5.56 Å². The lowest BCUT2D eigenvalue weighted by atomic mass is 10.1. The molecule has 0 spiro atoms. The first kappa shape index (κ1) is 14.5. The summed E-state index contributed by atoms with van der Waals surface area (Å²) < 4.78 is 25.8. The third-order valence-electron chi connectivity index (χ3n) is 3.05. The quantitative estimate of drug-likeness (QED) is 0.753. The molecule has 108 valence electrons. The molecule has 0 fully saturated rings. The second kappa shape index (κ2) is 5.40. The van der Waals surface area contributed by atoms with Gasteiger partial charge < -0.3 is 4.98 Å². The molecule has 2 heterocycles. The average Bonchev–Trinajstić information content (AvgIpc) is 2.87. The van der Waals surface area contributed by atoms with E-state index in [9.17, 15) is 13.2 Å². The van der Waals surface area contributed by atoms with Gasteiger partial charge in [0, 0.05) is 11.6 Å². The summed E-state index contributed by atoms with van der Waals surface area (Å²) >= 11 is 4.44. The molecule has 0 saturated carbocycles. The number of fused-ring (bicyclic) bond motifs is 1. The summed E-state index contributed by atoms with van der Waals surface area (Å²) in [7, 11) is -3.40. The molecule has 0 unspecified atom stereocenters. The lowest BCUT2D eigenvalue weighted by molar-refractivity contribution is 0.597. The molecule has 1 N–H and O–H groups in total. The van der Waals surface area contributed by atoms with Gasteiger partial charge in [-0.15, -0.1) is 11.3 Å². The van der Waals surface area contributed by atoms with Gasteiger partial charge in [0.2, 0.25) is 0 Å². The van der Waals surface area contributed by atoms with Crippen LogP contribution in [0.5, 0.6) is 0 Å². The Morgan fingerprint density at radius 2 is 1.95 bits per heavy atom. The molecular formula is C14H10BrNO3S2. The SMILES string of the molecule is O=c1[nH]ccc2ccc(CS(=O)(=O)c3ccc(Br)s3)cc12. The monoisotopic (exact) mass is 383 g/mol. The number of nitrogens with one attached hydrogen (secondary N) is 1. The van der Waals surface area contributed by atoms with Gasteiger partial charge in [-0.3, -0.25) is 4.79 Å². The number of hydrogen-bond donors (Lipinski definition) is 1. The summed E-state index contributed by atoms with van der Waals surface area (Å²) in [6.07, 6.45) is 1.57. The van der Waals surface area contributed by atoms with Gasteiger partial charge in [-0.25, -0.2) is 8.42 Å². The van der Waals surface area contributed by atoms with E-state index in [4.69, 9.17) is 0 Å². The Labute approximate surface area is 133 Å². The third-order valence-corrected chi connectivity index (χ3v) is 6.94. The number of hydrogen-bond acceptors (Lipinski definition) is 4. The predicted octanol–water partition coefficient (Wildman–Crippen LogP) is 3.33. The van der Waals surface area contributed by atoms with Crippen molar-refractivity contribution < 1.29 is 8.42 Å². The van der Waals surface area contributed by atoms with Gasteiger partial charge in [0.1, 0.15) is 4.21 Å². The van der Waals surface area contributed by atoms with E-state index in [1.54, 1.807) is 42.6 Å². The summed E-state index contributed by atoms with van der Waals surface area (Å²) in [6, 6.07) is 10.2. The molecule has 0 radical (unpaired) electrons. The Kier molecular flexibility index (Phi) is 3.73. The molecule has 0 atom stereocenters. The van der Waals surface area contributed by atoms with E-state index >= 15 is 0 Å². The second-order valence-electron chi connectivity index (χ2n) is 4.55. The molecule has 0 amide bonds. The zero-order valence-corrected chi connectivity index (χ0v) is 13.9. The third kappa shape index (κ3) is 2.95. The Bertz CT molecular complexity index is 973. The van der Waals surface area contributed by atoms with E-state index in [1.165, 1.54) is 11.3 Å². The van der Waals surface area contributed by atoms with Crippen molar-refractivity contribution in [3.05, 3.63) is 62.3 Å². The van der Waals surface area contributed by atoms with Crippen LogP contribution in [0.1, 0.15) is 5.56 Å². The number of pyridine rings is 1. The zero-order valence-electron chi connectivity index (χ0n) is 10.7. The summed E-state index contributed by atoms with van der Waals surface area (Å²) in [5, 5.41) is 1.29. The van der Waals surface area contributed by atoms with Gasteiger partial charge in [-0.2, -0.15) is 0 Å². The van der Waals surface area contributed by atoms with Crippen molar-refractivity contribution in [1.29, 1.82) is 0 Å². The van der Waals surface area contributed by atoms with Gasteiger partial charge in [-0.05, 0) is 51.1 Å². The Balaban J connectivity index is 2.02. The molecule has 3 aromatic rings. The minimum absolute atomic E-state index is 0.121. The maximum atomic E-state index is 12.3. The van der Waals surface area contributed by atoms with Crippen LogP contribution in [0.3, 0.4) is 0 Å². The average molecular weight is 384 g/mol. The largest absolute Gasteiger partial charge is 0.329 e. The first-order valence-electron chi connectivity index (χ1n) is 6.04. The molecule has 7 heteroatoms. The molecule has 3 rings (SSSR count). The van der Waals surface area contributed by atoms with Crippen molar-refractivity contribution in [2.24, 2.45) is 0 Å². The molecule has 0 aliphatic rings. The van der Waals surface area contributed by atoms with Gasteiger partial charge in [0.05, 0.1) is 9.54 Å². The Morgan fingerprint density at radius 1 is 1.14 bits per heavy atom. The highest BCUT2D eigenvalue weighted by Gasteiger charge is 2.18. The number of sulfone groups is 1. The number of thiophene rings is 1. The van der Waals surface area contributed by atoms with Crippen molar-refractivity contribution in [3.8, 4) is 0 Å². The molecule has 0 saturated heterocycles. The molecule has 1 aromatic carbocycles. The molecule has 0 aliphatic heterocycles. The van der Waals surface area contributed by atoms with Crippen LogP contribution in [0.2, 0.25) is 0 Å². The number of benzene rings is 1. The number of aromatic nitrogens is 1. The number of halogens is 1. The van der Waals surface area contributed by atoms with Crippen LogP contribution in [-0.2, 0) is 15.6 Å². The zero-order chi connectivity index (χ0) is 15.0. The van der Waals surface area contributed by atoms with Crippen LogP contribution in [-0.4, -0.2) is 13.4 Å². The smallest absolute Gasteiger partial charge is 0.255 e.